The Labute approximate surface area is 762 Å². The van der Waals surface area contributed by atoms with E-state index in [1.807, 2.05) is 59.5 Å². The molecule has 4 amide bonds. The van der Waals surface area contributed by atoms with E-state index in [-0.39, 0.29) is 57.2 Å². The first-order valence-corrected chi connectivity index (χ1v) is 46.2. The number of nitrogens with one attached hydrogen (secondary N) is 3. The first-order chi connectivity index (χ1) is 61.9. The number of hydrazone groups is 1. The number of ketones is 1. The van der Waals surface area contributed by atoms with Crippen molar-refractivity contribution in [3.8, 4) is 22.5 Å². The highest BCUT2D eigenvalue weighted by Gasteiger charge is 2.50. The third-order valence-electron chi connectivity index (χ3n) is 22.6. The number of aryl methyl sites for hydroxylation is 1. The minimum atomic E-state index is -3.75. The molecule has 3 saturated heterocycles. The van der Waals surface area contributed by atoms with Gasteiger partial charge in [-0.1, -0.05) is 117 Å². The first-order valence-electron chi connectivity index (χ1n) is 42.2. The lowest BCUT2D eigenvalue weighted by atomic mass is 9.96. The van der Waals surface area contributed by atoms with Crippen molar-refractivity contribution in [2.24, 2.45) is 10.8 Å². The molecular weight excluding hydrogens is 1760 g/mol. The number of hydroxylamine groups is 2. The van der Waals surface area contributed by atoms with Crippen molar-refractivity contribution >= 4 is 130 Å². The third kappa shape index (κ3) is 22.6. The van der Waals surface area contributed by atoms with Crippen LogP contribution in [0.3, 0.4) is 0 Å². The molecule has 5 aromatic carbocycles. The Morgan fingerprint density at radius 1 is 0.775 bits per heavy atom. The van der Waals surface area contributed by atoms with Crippen LogP contribution in [-0.4, -0.2) is 236 Å². The average molecular weight is 1870 g/mol. The molecule has 0 bridgehead atoms. The number of rotatable bonds is 24. The quantitative estimate of drug-likeness (QED) is 0.0168. The Morgan fingerprint density at radius 3 is 2.06 bits per heavy atom. The second-order valence-corrected chi connectivity index (χ2v) is 37.0. The molecule has 16 rings (SSSR count). The predicted molar refractivity (Wildman–Crippen MR) is 493 cm³/mol. The lowest BCUT2D eigenvalue weighted by molar-refractivity contribution is -0.141. The number of aromatic amines is 1. The van der Waals surface area contributed by atoms with Crippen molar-refractivity contribution in [2.45, 2.75) is 109 Å². The van der Waals surface area contributed by atoms with Gasteiger partial charge in [0.05, 0.1) is 70.8 Å². The normalized spacial score (nSPS) is 17.5. The number of thiophene rings is 1. The molecule has 3 fully saturated rings. The maximum Gasteiger partial charge on any atom is 0.365 e. The van der Waals surface area contributed by atoms with Crippen molar-refractivity contribution in [1.82, 2.24) is 70.0 Å². The summed E-state index contributed by atoms with van der Waals surface area (Å²) in [6.45, 7) is 21.7. The molecule has 9 N–H and O–H groups in total. The van der Waals surface area contributed by atoms with Crippen LogP contribution in [0.4, 0.5) is 45.6 Å². The molecule has 11 aromatic rings. The summed E-state index contributed by atoms with van der Waals surface area (Å²) in [4.78, 5) is 102. The maximum atomic E-state index is 14.8. The number of aliphatic hydroxyl groups excluding tert-OH is 2. The first kappa shape index (κ1) is 95.6. The smallest absolute Gasteiger partial charge is 0.365 e. The Kier molecular flexibility index (Phi) is 31.7. The van der Waals surface area contributed by atoms with Crippen molar-refractivity contribution in [1.29, 1.82) is 0 Å². The number of carbonyl (C=O) groups excluding carboxylic acids is 4. The molecule has 39 heteroatoms. The minimum Gasteiger partial charge on any atom is -0.387 e. The van der Waals surface area contributed by atoms with E-state index in [1.54, 1.807) is 78.4 Å². The molecule has 30 nitrogen and oxygen atoms in total. The molecule has 0 saturated carbocycles. The average Bonchev–Trinajstić information content (AvgIpc) is 1.60. The number of urea groups is 1. The number of morpholine rings is 1. The number of fused-ring (bicyclic) bond motifs is 3. The van der Waals surface area contributed by atoms with Crippen LogP contribution in [0.5, 0.6) is 0 Å². The van der Waals surface area contributed by atoms with E-state index in [0.717, 1.165) is 129 Å². The Hall–Kier alpha value is -10.9. The summed E-state index contributed by atoms with van der Waals surface area (Å²) >= 11 is 14.9. The number of hydrogen-bond acceptors (Lipinski definition) is 26. The van der Waals surface area contributed by atoms with Gasteiger partial charge in [0.1, 0.15) is 57.1 Å². The van der Waals surface area contributed by atoms with E-state index in [2.05, 4.69) is 87.4 Å². The zero-order valence-electron chi connectivity index (χ0n) is 72.4. The van der Waals surface area contributed by atoms with Crippen molar-refractivity contribution in [2.75, 3.05) is 132 Å². The number of anilines is 4. The highest BCUT2D eigenvalue weighted by Crippen LogP contribution is 2.52. The fourth-order valence-corrected chi connectivity index (χ4v) is 19.8. The maximum absolute atomic E-state index is 14.8. The number of thioether (sulfide) groups is 1. The third-order valence-corrected chi connectivity index (χ3v) is 27.3. The second kappa shape index (κ2) is 42.7. The molecule has 10 heterocycles. The summed E-state index contributed by atoms with van der Waals surface area (Å²) in [6.07, 6.45) is 8.41. The van der Waals surface area contributed by atoms with Gasteiger partial charge in [0.15, 0.2) is 11.6 Å². The van der Waals surface area contributed by atoms with Gasteiger partial charge in [0.25, 0.3) is 5.91 Å². The topological polar surface area (TPSA) is 378 Å². The highest BCUT2D eigenvalue weighted by molar-refractivity contribution is 8.15. The molecule has 682 valence electrons. The molecule has 5 atom stereocenters. The number of halogens is 6. The molecule has 0 unspecified atom stereocenters. The molecule has 5 aliphatic rings. The number of aliphatic hydroxyl groups is 2. The van der Waals surface area contributed by atoms with E-state index in [4.69, 9.17) is 54.2 Å². The fourth-order valence-electron chi connectivity index (χ4n) is 15.7. The van der Waals surface area contributed by atoms with Gasteiger partial charge in [0.2, 0.25) is 27.7 Å². The molecular formula is C90H102Cl2F4N20O10S3. The van der Waals surface area contributed by atoms with Crippen LogP contribution in [-0.2, 0) is 40.6 Å². The summed E-state index contributed by atoms with van der Waals surface area (Å²) in [5.74, 6) is -2.12. The van der Waals surface area contributed by atoms with Crippen LogP contribution in [0.2, 0.25) is 10.0 Å². The minimum absolute atomic E-state index is 0.00146. The van der Waals surface area contributed by atoms with Crippen LogP contribution < -0.4 is 31.3 Å². The predicted octanol–water partition coefficient (Wildman–Crippen LogP) is 13.4. The number of pyridine rings is 1. The zero-order chi connectivity index (χ0) is 92.1. The number of H-pyrrole nitrogens is 1. The van der Waals surface area contributed by atoms with E-state index in [0.29, 0.717) is 130 Å². The van der Waals surface area contributed by atoms with Crippen LogP contribution in [0.25, 0.3) is 43.8 Å². The van der Waals surface area contributed by atoms with Crippen LogP contribution in [0, 0.1) is 30.2 Å². The number of piperazine rings is 2. The van der Waals surface area contributed by atoms with Crippen LogP contribution in [0.1, 0.15) is 133 Å². The van der Waals surface area contributed by atoms with Crippen LogP contribution >= 0.6 is 46.3 Å². The van der Waals surface area contributed by atoms with Gasteiger partial charge in [-0.2, -0.15) is 10.1 Å². The summed E-state index contributed by atoms with van der Waals surface area (Å²) < 4.78 is 90.3. The van der Waals surface area contributed by atoms with E-state index in [9.17, 15) is 55.4 Å². The summed E-state index contributed by atoms with van der Waals surface area (Å²) in [7, 11) is -0.924. The summed E-state index contributed by atoms with van der Waals surface area (Å²) in [5.41, 5.74) is 18.6. The molecule has 0 radical (unpaired) electrons. The second-order valence-electron chi connectivity index (χ2n) is 31.9. The molecule has 6 aromatic heterocycles. The van der Waals surface area contributed by atoms with Gasteiger partial charge in [0, 0.05) is 159 Å². The summed E-state index contributed by atoms with van der Waals surface area (Å²) in [6, 6.07) is 30.1. The Morgan fingerprint density at radius 2 is 1.42 bits per heavy atom. The number of nitrogens with two attached hydrogens (primary N) is 2. The van der Waals surface area contributed by atoms with Crippen molar-refractivity contribution in [3.05, 3.63) is 229 Å². The van der Waals surface area contributed by atoms with Gasteiger partial charge >= 0.3 is 6.03 Å². The number of aromatic nitrogens is 8. The lowest BCUT2D eigenvalue weighted by Crippen LogP contribution is -2.51. The summed E-state index contributed by atoms with van der Waals surface area (Å²) in [5, 5.41) is 31.9. The molecule has 0 spiro atoms. The number of amides is 4. The van der Waals surface area contributed by atoms with Gasteiger partial charge in [-0.25, -0.2) is 70.7 Å². The number of hydrogen-bond donors (Lipinski definition) is 7. The molecule has 129 heavy (non-hydrogen) atoms. The largest absolute Gasteiger partial charge is 0.387 e. The van der Waals surface area contributed by atoms with Gasteiger partial charge in [-0.15, -0.1) is 11.3 Å². The number of sulfonamides is 1. The van der Waals surface area contributed by atoms with E-state index in [1.165, 1.54) is 48.9 Å². The van der Waals surface area contributed by atoms with Crippen molar-refractivity contribution < 1.29 is 64.9 Å². The van der Waals surface area contributed by atoms with Gasteiger partial charge < -0.3 is 56.3 Å². The molecule has 1 aliphatic carbocycles. The van der Waals surface area contributed by atoms with Crippen molar-refractivity contribution in [3.63, 3.8) is 0 Å². The van der Waals surface area contributed by atoms with E-state index >= 15 is 0 Å². The monoisotopic (exact) mass is 1860 g/mol. The van der Waals surface area contributed by atoms with E-state index < -0.39 is 67.7 Å². The standard InChI is InChI=1S/C24H32ClN5O2.C23H18ClF2N3O3S.C23H30N8O3S.C20H22F2N4O2S/c1-15(2)26-13-19(17-4-6-18(25)7-5-17)24(32)30-10-8-29(9-11-30)23-21-16(3)12-20(31)22(21)27-14-28-23;1-2-7-33(31,32)29-16-9-19(25)21(20(26)10-16)22(30)18-12-28-23-17(18)8-14(11-27-23)13-3-5-15(24)6-4-13;1-14-17(13-29-3-5-31(6-4-29)22(33)15(2)32)35-19-18(14)27-20(16-11-25-23(24)26-12-16)28-21(19)30-7-9-34-10-8-30;1-25(28-2)19(27)26-20(11-6-12-23,14-7-4-3-5-8-14)29-18(24-26)16-13-15(21)9-10-17(16)22/h4-7,14-16,19-20,26,31H,8-13H2,1-3H3;3-6,8-12,29H,2,7H2,1H3,(H,27,28);11-12,15,32H,3-10,13H2,1-2H3,(H2,24,25,26);3-5,7-10,13H,6,11-12,23H2,1-2H3/t16-,19-,20-;;15-;20-/m1.00/s1. The number of carbonyl (C=O) groups is 4. The van der Waals surface area contributed by atoms with Gasteiger partial charge in [-0.05, 0) is 135 Å². The number of ether oxygens (including phenoxy) is 1. The molecule has 4 aliphatic heterocycles. The SMILES string of the molecule is CC(C)NC[C@@H](C(=O)N1CCN(c2ncnc3c2[C@H](C)C[C@H]3O)CC1)c1ccc(Cl)cc1.CCCS(=O)(=O)Nc1cc(F)c(C(=O)c2c[nH]c3ncc(-c4ccc(Cl)cc4)cc23)c(F)c1.CON(C)C(=O)N1N=C(c2cc(F)ccc2F)S[C@@]1(CCCN)c1ccccc1.Cc1c(CN2CCN(C(=O)[C@H](C)O)CC2)sc2c(N3CCOCC3)nc(-c3cnc(N)nc3)nc12. The number of nitrogen functional groups attached to an aromatic ring is 1. The Balaban J connectivity index is 0.000000147. The fraction of sp³-hybridized carbons (Fsp3) is 0.378. The highest BCUT2D eigenvalue weighted by atomic mass is 35.5. The van der Waals surface area contributed by atoms with Gasteiger partial charge in [-0.3, -0.25) is 28.8 Å². The lowest BCUT2D eigenvalue weighted by Gasteiger charge is -2.38. The van der Waals surface area contributed by atoms with Crippen LogP contribution in [0.15, 0.2) is 151 Å². The zero-order valence-corrected chi connectivity index (χ0v) is 76.4. The number of nitrogens with zero attached hydrogens (tertiary/aromatic N) is 15. The Bertz CT molecular complexity index is 5940. The number of benzene rings is 5.